The lowest BCUT2D eigenvalue weighted by atomic mass is 9.99. The molecule has 120 valence electrons. The summed E-state index contributed by atoms with van der Waals surface area (Å²) in [6.07, 6.45) is -5.00. The molecule has 0 unspecified atom stereocenters. The van der Waals surface area contributed by atoms with Crippen LogP contribution in [0.3, 0.4) is 0 Å². The highest BCUT2D eigenvalue weighted by molar-refractivity contribution is 6.31. The van der Waals surface area contributed by atoms with Crippen LogP contribution >= 0.6 is 11.6 Å². The molecular formula is C14H16ClNO6. The SMILES string of the molecule is OC[C@H]1O[C@H](Oc2c[nH]c3cc(Cl)ccc23)[C@@H](O)[C@@H](O)[C@H]1O. The first kappa shape index (κ1) is 15.5. The van der Waals surface area contributed by atoms with Gasteiger partial charge in [0.2, 0.25) is 6.29 Å². The van der Waals surface area contributed by atoms with Crippen LogP contribution < -0.4 is 4.74 Å². The number of benzene rings is 1. The van der Waals surface area contributed by atoms with Crippen molar-refractivity contribution in [3.05, 3.63) is 29.4 Å². The molecule has 1 fully saturated rings. The van der Waals surface area contributed by atoms with E-state index in [1.165, 1.54) is 0 Å². The molecule has 1 aliphatic heterocycles. The van der Waals surface area contributed by atoms with Crippen LogP contribution in [0.1, 0.15) is 0 Å². The van der Waals surface area contributed by atoms with Crippen molar-refractivity contribution in [2.24, 2.45) is 0 Å². The fraction of sp³-hybridized carbons (Fsp3) is 0.429. The van der Waals surface area contributed by atoms with Crippen LogP contribution in [0.4, 0.5) is 0 Å². The smallest absolute Gasteiger partial charge is 0.229 e. The Bertz CT molecular complexity index is 660. The van der Waals surface area contributed by atoms with Gasteiger partial charge in [-0.15, -0.1) is 0 Å². The van der Waals surface area contributed by atoms with Gasteiger partial charge in [0.25, 0.3) is 0 Å². The number of fused-ring (bicyclic) bond motifs is 1. The molecule has 1 aliphatic rings. The number of nitrogens with one attached hydrogen (secondary N) is 1. The fourth-order valence-corrected chi connectivity index (χ4v) is 2.63. The number of aliphatic hydroxyl groups is 4. The topological polar surface area (TPSA) is 115 Å². The van der Waals surface area contributed by atoms with E-state index in [1.54, 1.807) is 24.4 Å². The van der Waals surface area contributed by atoms with Crippen LogP contribution in [0.5, 0.6) is 5.75 Å². The summed E-state index contributed by atoms with van der Waals surface area (Å²) in [6, 6.07) is 5.16. The summed E-state index contributed by atoms with van der Waals surface area (Å²) in [5, 5.41) is 39.9. The van der Waals surface area contributed by atoms with E-state index in [0.717, 1.165) is 10.9 Å². The number of hydrogen-bond acceptors (Lipinski definition) is 6. The minimum absolute atomic E-state index is 0.399. The zero-order valence-electron chi connectivity index (χ0n) is 11.4. The Balaban J connectivity index is 1.84. The Labute approximate surface area is 130 Å². The van der Waals surface area contributed by atoms with Gasteiger partial charge in [0, 0.05) is 16.6 Å². The molecule has 7 nitrogen and oxygen atoms in total. The highest BCUT2D eigenvalue weighted by atomic mass is 35.5. The quantitative estimate of drug-likeness (QED) is 0.541. The van der Waals surface area contributed by atoms with Gasteiger partial charge >= 0.3 is 0 Å². The van der Waals surface area contributed by atoms with Crippen molar-refractivity contribution in [2.45, 2.75) is 30.7 Å². The molecule has 1 aromatic carbocycles. The number of aliphatic hydroxyl groups excluding tert-OH is 4. The maximum atomic E-state index is 9.96. The summed E-state index contributed by atoms with van der Waals surface area (Å²) in [5.74, 6) is 0.399. The van der Waals surface area contributed by atoms with Crippen LogP contribution in [0.15, 0.2) is 24.4 Å². The largest absolute Gasteiger partial charge is 0.460 e. The first-order chi connectivity index (χ1) is 10.5. The van der Waals surface area contributed by atoms with E-state index in [0.29, 0.717) is 10.8 Å². The van der Waals surface area contributed by atoms with Crippen molar-refractivity contribution >= 4 is 22.5 Å². The van der Waals surface area contributed by atoms with Crippen LogP contribution in [0, 0.1) is 0 Å². The average Bonchev–Trinajstić information content (AvgIpc) is 2.90. The minimum Gasteiger partial charge on any atom is -0.460 e. The molecule has 5 atom stereocenters. The Morgan fingerprint density at radius 1 is 1.18 bits per heavy atom. The summed E-state index contributed by atoms with van der Waals surface area (Å²) in [4.78, 5) is 2.97. The fourth-order valence-electron chi connectivity index (χ4n) is 2.46. The van der Waals surface area contributed by atoms with Gasteiger partial charge < -0.3 is 34.9 Å². The van der Waals surface area contributed by atoms with E-state index in [-0.39, 0.29) is 0 Å². The minimum atomic E-state index is -1.48. The normalized spacial score (nSPS) is 32.3. The van der Waals surface area contributed by atoms with Gasteiger partial charge in [0.1, 0.15) is 30.2 Å². The van der Waals surface area contributed by atoms with Crippen molar-refractivity contribution in [3.8, 4) is 5.75 Å². The van der Waals surface area contributed by atoms with Crippen LogP contribution in [0.2, 0.25) is 5.02 Å². The summed E-state index contributed by atoms with van der Waals surface area (Å²) in [6.45, 7) is -0.506. The Morgan fingerprint density at radius 2 is 1.95 bits per heavy atom. The van der Waals surface area contributed by atoms with Crippen molar-refractivity contribution in [1.82, 2.24) is 4.98 Å². The number of aromatic amines is 1. The number of H-pyrrole nitrogens is 1. The molecular weight excluding hydrogens is 314 g/mol. The van der Waals surface area contributed by atoms with E-state index >= 15 is 0 Å². The van der Waals surface area contributed by atoms with Gasteiger partial charge in [-0.2, -0.15) is 0 Å². The molecule has 8 heteroatoms. The number of halogens is 1. The molecule has 0 spiro atoms. The zero-order valence-corrected chi connectivity index (χ0v) is 12.1. The molecule has 1 aromatic heterocycles. The second-order valence-corrected chi connectivity index (χ2v) is 5.59. The van der Waals surface area contributed by atoms with Gasteiger partial charge in [0.15, 0.2) is 0 Å². The van der Waals surface area contributed by atoms with E-state index in [2.05, 4.69) is 4.98 Å². The lowest BCUT2D eigenvalue weighted by Crippen LogP contribution is -2.60. The maximum absolute atomic E-state index is 9.96. The number of rotatable bonds is 3. The second-order valence-electron chi connectivity index (χ2n) is 5.16. The third-order valence-corrected chi connectivity index (χ3v) is 3.93. The van der Waals surface area contributed by atoms with Crippen LogP contribution in [-0.4, -0.2) is 62.7 Å². The Hall–Kier alpha value is -1.35. The molecule has 0 bridgehead atoms. The molecule has 2 aromatic rings. The zero-order chi connectivity index (χ0) is 15.9. The third kappa shape index (κ3) is 2.67. The van der Waals surface area contributed by atoms with Gasteiger partial charge in [-0.05, 0) is 18.2 Å². The van der Waals surface area contributed by atoms with Gasteiger partial charge in [-0.3, -0.25) is 0 Å². The van der Waals surface area contributed by atoms with E-state index in [9.17, 15) is 15.3 Å². The standard InChI is InChI=1S/C14H16ClNO6/c15-6-1-2-7-8(3-6)16-4-9(7)21-14-13(20)12(19)11(18)10(5-17)22-14/h1-4,10-14,16-20H,5H2/t10-,11+,12+,13+,14+/m1/s1. The molecule has 0 saturated carbocycles. The third-order valence-electron chi connectivity index (χ3n) is 3.70. The Morgan fingerprint density at radius 3 is 2.68 bits per heavy atom. The molecule has 5 N–H and O–H groups in total. The lowest BCUT2D eigenvalue weighted by Gasteiger charge is -2.39. The summed E-state index contributed by atoms with van der Waals surface area (Å²) >= 11 is 5.90. The molecule has 0 aliphatic carbocycles. The molecule has 0 amide bonds. The van der Waals surface area contributed by atoms with Gasteiger partial charge in [-0.25, -0.2) is 0 Å². The lowest BCUT2D eigenvalue weighted by molar-refractivity contribution is -0.277. The van der Waals surface area contributed by atoms with E-state index in [4.69, 9.17) is 26.2 Å². The number of ether oxygens (including phenoxy) is 2. The Kier molecular flexibility index (Phi) is 4.26. The van der Waals surface area contributed by atoms with Crippen LogP contribution in [-0.2, 0) is 4.74 Å². The van der Waals surface area contributed by atoms with Gasteiger partial charge in [0.05, 0.1) is 12.1 Å². The summed E-state index contributed by atoms with van der Waals surface area (Å²) < 4.78 is 10.9. The van der Waals surface area contributed by atoms with Crippen molar-refractivity contribution in [3.63, 3.8) is 0 Å². The predicted octanol–water partition coefficient (Wildman–Crippen LogP) is -0.000000000000000278. The number of hydrogen-bond donors (Lipinski definition) is 5. The van der Waals surface area contributed by atoms with Crippen molar-refractivity contribution in [1.29, 1.82) is 0 Å². The second kappa shape index (κ2) is 6.04. The van der Waals surface area contributed by atoms with Gasteiger partial charge in [-0.1, -0.05) is 11.6 Å². The average molecular weight is 330 g/mol. The number of aromatic nitrogens is 1. The highest BCUT2D eigenvalue weighted by Gasteiger charge is 2.44. The van der Waals surface area contributed by atoms with E-state index < -0.39 is 37.3 Å². The maximum Gasteiger partial charge on any atom is 0.229 e. The first-order valence-electron chi connectivity index (χ1n) is 6.75. The van der Waals surface area contributed by atoms with Crippen molar-refractivity contribution < 1.29 is 29.9 Å². The van der Waals surface area contributed by atoms with Crippen LogP contribution in [0.25, 0.3) is 10.9 Å². The molecule has 0 radical (unpaired) electrons. The van der Waals surface area contributed by atoms with Crippen molar-refractivity contribution in [2.75, 3.05) is 6.61 Å². The summed E-state index contributed by atoms with van der Waals surface area (Å²) in [7, 11) is 0. The molecule has 22 heavy (non-hydrogen) atoms. The summed E-state index contributed by atoms with van der Waals surface area (Å²) in [5.41, 5.74) is 0.743. The molecule has 3 rings (SSSR count). The molecule has 1 saturated heterocycles. The predicted molar refractivity (Wildman–Crippen MR) is 77.7 cm³/mol. The monoisotopic (exact) mass is 329 g/mol. The molecule has 2 heterocycles. The van der Waals surface area contributed by atoms with E-state index in [1.807, 2.05) is 0 Å². The highest BCUT2D eigenvalue weighted by Crippen LogP contribution is 2.31. The first-order valence-corrected chi connectivity index (χ1v) is 7.13.